The van der Waals surface area contributed by atoms with Crippen LogP contribution in [0.4, 0.5) is 4.79 Å². The molecule has 0 aliphatic heterocycles. The molecule has 4 heteroatoms. The number of halogens is 1. The number of hydrogen-bond donors (Lipinski definition) is 1. The van der Waals surface area contributed by atoms with Crippen molar-refractivity contribution in [2.45, 2.75) is 39.2 Å². The number of hydrogen-bond acceptors (Lipinski definition) is 1. The Morgan fingerprint density at radius 3 is 2.42 bits per heavy atom. The zero-order chi connectivity index (χ0) is 14.5. The molecule has 0 spiro atoms. The van der Waals surface area contributed by atoms with E-state index in [4.69, 9.17) is 11.6 Å². The van der Waals surface area contributed by atoms with Crippen molar-refractivity contribution in [3.8, 4) is 0 Å². The van der Waals surface area contributed by atoms with E-state index < -0.39 is 5.54 Å². The summed E-state index contributed by atoms with van der Waals surface area (Å²) in [5, 5.41) is 3.74. The van der Waals surface area contributed by atoms with E-state index in [-0.39, 0.29) is 6.03 Å². The molecule has 1 aromatic carbocycles. The molecule has 0 unspecified atom stereocenters. The van der Waals surface area contributed by atoms with Crippen LogP contribution in [0.5, 0.6) is 0 Å². The standard InChI is InChI=1S/C15H23ClN2O/c1-5-6-11-18(4)14(19)17-15(2,3)12-7-9-13(16)10-8-12/h7-10H,5-6,11H2,1-4H3,(H,17,19). The van der Waals surface area contributed by atoms with Crippen LogP contribution >= 0.6 is 11.6 Å². The van der Waals surface area contributed by atoms with Gasteiger partial charge in [0.05, 0.1) is 5.54 Å². The third-order valence-electron chi connectivity index (χ3n) is 3.18. The van der Waals surface area contributed by atoms with Crippen LogP contribution in [-0.2, 0) is 5.54 Å². The van der Waals surface area contributed by atoms with Crippen molar-refractivity contribution in [2.75, 3.05) is 13.6 Å². The molecule has 0 aromatic heterocycles. The Hall–Kier alpha value is -1.22. The zero-order valence-corrected chi connectivity index (χ0v) is 12.9. The number of carbonyl (C=O) groups is 1. The van der Waals surface area contributed by atoms with Crippen LogP contribution in [0.1, 0.15) is 39.2 Å². The first-order chi connectivity index (χ1) is 8.86. The van der Waals surface area contributed by atoms with Gasteiger partial charge in [-0.2, -0.15) is 0 Å². The van der Waals surface area contributed by atoms with Crippen LogP contribution < -0.4 is 5.32 Å². The number of benzene rings is 1. The maximum Gasteiger partial charge on any atom is 0.317 e. The Balaban J connectivity index is 2.68. The summed E-state index contributed by atoms with van der Waals surface area (Å²) in [5.74, 6) is 0. The van der Waals surface area contributed by atoms with Gasteiger partial charge in [-0.15, -0.1) is 0 Å². The zero-order valence-electron chi connectivity index (χ0n) is 12.2. The summed E-state index contributed by atoms with van der Waals surface area (Å²) in [7, 11) is 1.82. The predicted octanol–water partition coefficient (Wildman–Crippen LogP) is 4.02. The smallest absolute Gasteiger partial charge is 0.317 e. The first kappa shape index (κ1) is 15.8. The van der Waals surface area contributed by atoms with Crippen molar-refractivity contribution in [3.05, 3.63) is 34.9 Å². The van der Waals surface area contributed by atoms with E-state index >= 15 is 0 Å². The van der Waals surface area contributed by atoms with Crippen LogP contribution in [0, 0.1) is 0 Å². The second kappa shape index (κ2) is 6.80. The van der Waals surface area contributed by atoms with Gasteiger partial charge in [-0.1, -0.05) is 37.1 Å². The van der Waals surface area contributed by atoms with Crippen LogP contribution in [0.25, 0.3) is 0 Å². The third kappa shape index (κ3) is 4.75. The van der Waals surface area contributed by atoms with Gasteiger partial charge in [-0.05, 0) is 38.0 Å². The summed E-state index contributed by atoms with van der Waals surface area (Å²) in [4.78, 5) is 13.8. The number of nitrogens with zero attached hydrogens (tertiary/aromatic N) is 1. The molecule has 3 nitrogen and oxygen atoms in total. The highest BCUT2D eigenvalue weighted by atomic mass is 35.5. The Bertz CT molecular complexity index is 415. The largest absolute Gasteiger partial charge is 0.329 e. The lowest BCUT2D eigenvalue weighted by Gasteiger charge is -2.30. The Labute approximate surface area is 120 Å². The monoisotopic (exact) mass is 282 g/mol. The fourth-order valence-electron chi connectivity index (χ4n) is 1.80. The molecule has 0 saturated heterocycles. The summed E-state index contributed by atoms with van der Waals surface area (Å²) >= 11 is 5.88. The normalized spacial score (nSPS) is 11.2. The van der Waals surface area contributed by atoms with Crippen LogP contribution in [0.2, 0.25) is 5.02 Å². The molecule has 0 radical (unpaired) electrons. The second-order valence-corrected chi connectivity index (χ2v) is 5.77. The van der Waals surface area contributed by atoms with Crippen molar-refractivity contribution < 1.29 is 4.79 Å². The number of carbonyl (C=O) groups excluding carboxylic acids is 1. The van der Waals surface area contributed by atoms with E-state index in [1.54, 1.807) is 4.90 Å². The molecule has 0 fully saturated rings. The summed E-state index contributed by atoms with van der Waals surface area (Å²) in [6, 6.07) is 7.51. The lowest BCUT2D eigenvalue weighted by atomic mass is 9.94. The quantitative estimate of drug-likeness (QED) is 0.869. The van der Waals surface area contributed by atoms with Crippen LogP contribution in [0.15, 0.2) is 24.3 Å². The van der Waals surface area contributed by atoms with Crippen molar-refractivity contribution in [2.24, 2.45) is 0 Å². The summed E-state index contributed by atoms with van der Waals surface area (Å²) in [5.41, 5.74) is 0.622. The average molecular weight is 283 g/mol. The minimum Gasteiger partial charge on any atom is -0.329 e. The van der Waals surface area contributed by atoms with Crippen molar-refractivity contribution >= 4 is 17.6 Å². The fourth-order valence-corrected chi connectivity index (χ4v) is 1.92. The first-order valence-electron chi connectivity index (χ1n) is 6.66. The van der Waals surface area contributed by atoms with Gasteiger partial charge >= 0.3 is 6.03 Å². The molecule has 0 atom stereocenters. The molecule has 0 saturated carbocycles. The van der Waals surface area contributed by atoms with Gasteiger partial charge in [0.15, 0.2) is 0 Å². The number of unbranched alkanes of at least 4 members (excludes halogenated alkanes) is 1. The van der Waals surface area contributed by atoms with E-state index in [0.717, 1.165) is 24.9 Å². The van der Waals surface area contributed by atoms with E-state index in [1.807, 2.05) is 45.2 Å². The fraction of sp³-hybridized carbons (Fsp3) is 0.533. The summed E-state index contributed by atoms with van der Waals surface area (Å²) in [6.45, 7) is 6.87. The minimum atomic E-state index is -0.415. The Morgan fingerprint density at radius 1 is 1.32 bits per heavy atom. The number of rotatable bonds is 5. The molecular formula is C15H23ClN2O. The molecule has 1 aromatic rings. The Kier molecular flexibility index (Phi) is 5.67. The second-order valence-electron chi connectivity index (χ2n) is 5.34. The van der Waals surface area contributed by atoms with Gasteiger partial charge in [0, 0.05) is 18.6 Å². The lowest BCUT2D eigenvalue weighted by molar-refractivity contribution is 0.196. The van der Waals surface area contributed by atoms with Gasteiger partial charge in [0.2, 0.25) is 0 Å². The van der Waals surface area contributed by atoms with Crippen LogP contribution in [0.3, 0.4) is 0 Å². The molecule has 1 N–H and O–H groups in total. The van der Waals surface area contributed by atoms with Gasteiger partial charge in [0.1, 0.15) is 0 Å². The third-order valence-corrected chi connectivity index (χ3v) is 3.43. The molecule has 1 rings (SSSR count). The summed E-state index contributed by atoms with van der Waals surface area (Å²) < 4.78 is 0. The number of nitrogens with one attached hydrogen (secondary N) is 1. The molecule has 106 valence electrons. The summed E-state index contributed by atoms with van der Waals surface area (Å²) in [6.07, 6.45) is 2.10. The molecule has 0 bridgehead atoms. The van der Waals surface area contributed by atoms with E-state index in [9.17, 15) is 4.79 Å². The van der Waals surface area contributed by atoms with Crippen molar-refractivity contribution in [1.82, 2.24) is 10.2 Å². The van der Waals surface area contributed by atoms with E-state index in [0.29, 0.717) is 5.02 Å². The number of urea groups is 1. The van der Waals surface area contributed by atoms with Crippen molar-refractivity contribution in [1.29, 1.82) is 0 Å². The highest BCUT2D eigenvalue weighted by Crippen LogP contribution is 2.22. The predicted molar refractivity (Wildman–Crippen MR) is 80.5 cm³/mol. The molecule has 0 aliphatic rings. The molecular weight excluding hydrogens is 260 g/mol. The van der Waals surface area contributed by atoms with Gasteiger partial charge in [-0.3, -0.25) is 0 Å². The number of amides is 2. The van der Waals surface area contributed by atoms with Crippen LogP contribution in [-0.4, -0.2) is 24.5 Å². The van der Waals surface area contributed by atoms with Gasteiger partial charge < -0.3 is 10.2 Å². The molecule has 2 amide bonds. The SMILES string of the molecule is CCCCN(C)C(=O)NC(C)(C)c1ccc(Cl)cc1. The highest BCUT2D eigenvalue weighted by molar-refractivity contribution is 6.30. The van der Waals surface area contributed by atoms with Gasteiger partial charge in [0.25, 0.3) is 0 Å². The van der Waals surface area contributed by atoms with E-state index in [1.165, 1.54) is 0 Å². The maximum atomic E-state index is 12.1. The molecule has 0 heterocycles. The molecule has 0 aliphatic carbocycles. The minimum absolute atomic E-state index is 0.0478. The lowest BCUT2D eigenvalue weighted by Crippen LogP contribution is -2.47. The average Bonchev–Trinajstić information content (AvgIpc) is 2.35. The topological polar surface area (TPSA) is 32.3 Å². The van der Waals surface area contributed by atoms with Crippen molar-refractivity contribution in [3.63, 3.8) is 0 Å². The molecule has 19 heavy (non-hydrogen) atoms. The highest BCUT2D eigenvalue weighted by Gasteiger charge is 2.24. The maximum absolute atomic E-state index is 12.1. The van der Waals surface area contributed by atoms with E-state index in [2.05, 4.69) is 12.2 Å². The first-order valence-corrected chi connectivity index (χ1v) is 7.04. The van der Waals surface area contributed by atoms with Gasteiger partial charge in [-0.25, -0.2) is 4.79 Å². The Morgan fingerprint density at radius 2 is 1.89 bits per heavy atom.